The van der Waals surface area contributed by atoms with E-state index in [1.807, 2.05) is 48.5 Å². The Labute approximate surface area is 260 Å². The van der Waals surface area contributed by atoms with Crippen LogP contribution in [0.5, 0.6) is 0 Å². The monoisotopic (exact) mass is 601 g/mol. The molecule has 1 saturated heterocycles. The summed E-state index contributed by atoms with van der Waals surface area (Å²) >= 11 is 4.84. The van der Waals surface area contributed by atoms with Crippen LogP contribution in [0.3, 0.4) is 0 Å². The molecule has 1 aromatic heterocycles. The van der Waals surface area contributed by atoms with Crippen molar-refractivity contribution in [3.63, 3.8) is 0 Å². The molecule has 4 rings (SSSR count). The average Bonchev–Trinajstić information content (AvgIpc) is 3.37. The minimum Gasteiger partial charge on any atom is -0.357 e. The van der Waals surface area contributed by atoms with Crippen molar-refractivity contribution in [1.82, 2.24) is 25.8 Å². The van der Waals surface area contributed by atoms with Crippen LogP contribution in [0.15, 0.2) is 85.2 Å². The molecule has 1 aliphatic rings. The number of hydrogen-bond donors (Lipinski definition) is 4. The molecule has 3 aromatic rings. The van der Waals surface area contributed by atoms with Crippen LogP contribution in [-0.2, 0) is 22.4 Å². The summed E-state index contributed by atoms with van der Waals surface area (Å²) in [6, 6.07) is 22.9. The number of thiol groups is 1. The largest absolute Gasteiger partial charge is 0.357 e. The fraction of sp³-hybridized carbons (Fsp3) is 0.412. The fourth-order valence-electron chi connectivity index (χ4n) is 5.65. The first-order valence-electron chi connectivity index (χ1n) is 15.1. The molecule has 3 amide bonds. The average molecular weight is 602 g/mol. The molecule has 8 nitrogen and oxygen atoms in total. The Balaban J connectivity index is 1.36. The van der Waals surface area contributed by atoms with Gasteiger partial charge < -0.3 is 20.9 Å². The summed E-state index contributed by atoms with van der Waals surface area (Å²) < 4.78 is 0. The fourth-order valence-corrected chi connectivity index (χ4v) is 5.93. The highest BCUT2D eigenvalue weighted by atomic mass is 32.1. The van der Waals surface area contributed by atoms with Crippen molar-refractivity contribution in [2.75, 3.05) is 26.7 Å². The van der Waals surface area contributed by atoms with Gasteiger partial charge in [0.1, 0.15) is 11.6 Å². The van der Waals surface area contributed by atoms with E-state index in [1.165, 1.54) is 5.56 Å². The second kappa shape index (κ2) is 16.2. The van der Waals surface area contributed by atoms with E-state index < -0.39 is 11.6 Å². The lowest BCUT2D eigenvalue weighted by molar-refractivity contribution is -0.140. The number of hydrogen-bond acceptors (Lipinski definition) is 6. The van der Waals surface area contributed by atoms with Gasteiger partial charge in [-0.05, 0) is 55.4 Å². The second-order valence-electron chi connectivity index (χ2n) is 11.2. The lowest BCUT2D eigenvalue weighted by atomic mass is 9.89. The number of aryl methyl sites for hydroxylation is 1. The van der Waals surface area contributed by atoms with Crippen LogP contribution in [0, 0.1) is 0 Å². The maximum Gasteiger partial charge on any atom is 0.251 e. The highest BCUT2D eigenvalue weighted by Crippen LogP contribution is 2.31. The zero-order chi connectivity index (χ0) is 30.5. The van der Waals surface area contributed by atoms with Crippen molar-refractivity contribution in [2.45, 2.75) is 61.8 Å². The number of rotatable bonds is 16. The van der Waals surface area contributed by atoms with Crippen LogP contribution in [0.2, 0.25) is 0 Å². The van der Waals surface area contributed by atoms with Crippen molar-refractivity contribution in [1.29, 1.82) is 0 Å². The summed E-state index contributed by atoms with van der Waals surface area (Å²) in [6.07, 6.45) is 8.29. The number of likely N-dealkylation sites (N-methyl/N-ethyl adjacent to an activating group) is 1. The van der Waals surface area contributed by atoms with E-state index in [-0.39, 0.29) is 23.0 Å². The quantitative estimate of drug-likeness (QED) is 0.148. The topological polar surface area (TPSA) is 103 Å². The van der Waals surface area contributed by atoms with Crippen LogP contribution in [-0.4, -0.2) is 71.1 Å². The summed E-state index contributed by atoms with van der Waals surface area (Å²) in [5, 5.41) is 9.40. The molecule has 2 aromatic carbocycles. The second-order valence-corrected chi connectivity index (χ2v) is 11.9. The van der Waals surface area contributed by atoms with E-state index in [1.54, 1.807) is 36.5 Å². The Morgan fingerprint density at radius 3 is 2.33 bits per heavy atom. The van der Waals surface area contributed by atoms with Gasteiger partial charge >= 0.3 is 0 Å². The van der Waals surface area contributed by atoms with Gasteiger partial charge in [0, 0.05) is 56.3 Å². The smallest absolute Gasteiger partial charge is 0.251 e. The van der Waals surface area contributed by atoms with Crippen molar-refractivity contribution in [3.05, 3.63) is 102 Å². The number of likely N-dealkylation sites (tertiary alicyclic amines) is 1. The van der Waals surface area contributed by atoms with Gasteiger partial charge in [-0.3, -0.25) is 19.4 Å². The van der Waals surface area contributed by atoms with Gasteiger partial charge in [-0.15, -0.1) is 0 Å². The predicted octanol–water partition coefficient (Wildman–Crippen LogP) is 3.83. The number of carbonyl (C=O) groups excluding carboxylic acids is 3. The van der Waals surface area contributed by atoms with E-state index in [2.05, 4.69) is 33.1 Å². The number of benzene rings is 2. The van der Waals surface area contributed by atoms with Crippen LogP contribution in [0.25, 0.3) is 0 Å². The molecule has 9 heteroatoms. The Morgan fingerprint density at radius 1 is 0.977 bits per heavy atom. The number of nitrogens with zero attached hydrogens (tertiary/aromatic N) is 2. The lowest BCUT2D eigenvalue weighted by Gasteiger charge is -2.33. The number of nitrogens with one attached hydrogen (secondary N) is 3. The lowest BCUT2D eigenvalue weighted by Crippen LogP contribution is -2.57. The molecular formula is C34H43N5O3S. The first kappa shape index (κ1) is 32.2. The normalized spacial score (nSPS) is 17.8. The molecule has 0 unspecified atom stereocenters. The van der Waals surface area contributed by atoms with E-state index in [0.29, 0.717) is 44.5 Å². The zero-order valence-electron chi connectivity index (χ0n) is 24.9. The van der Waals surface area contributed by atoms with Gasteiger partial charge in [0.05, 0.1) is 0 Å². The number of carbonyl (C=O) groups is 3. The Hall–Kier alpha value is -3.69. The summed E-state index contributed by atoms with van der Waals surface area (Å²) in [5.74, 6) is -0.273. The number of pyridine rings is 1. The molecule has 0 bridgehead atoms. The molecule has 1 fully saturated rings. The third-order valence-corrected chi connectivity index (χ3v) is 8.64. The van der Waals surface area contributed by atoms with Gasteiger partial charge in [-0.1, -0.05) is 67.1 Å². The van der Waals surface area contributed by atoms with E-state index in [4.69, 9.17) is 12.6 Å². The van der Waals surface area contributed by atoms with Crippen LogP contribution < -0.4 is 16.0 Å². The molecule has 0 spiro atoms. The molecular weight excluding hydrogens is 558 g/mol. The minimum atomic E-state index is -0.766. The third kappa shape index (κ3) is 9.15. The number of aromatic nitrogens is 1. The van der Waals surface area contributed by atoms with Crippen molar-refractivity contribution in [2.24, 2.45) is 0 Å². The van der Waals surface area contributed by atoms with Gasteiger partial charge in [0.25, 0.3) is 5.91 Å². The van der Waals surface area contributed by atoms with Gasteiger partial charge in [-0.2, -0.15) is 12.6 Å². The summed E-state index contributed by atoms with van der Waals surface area (Å²) in [4.78, 5) is 45.2. The standard InChI is InChI=1S/C34H43N5O3S/c1-35-32(41)30(24-27-12-6-3-7-13-27)39-23-19-34(33(39)42,18-15-26-10-4-2-5-11-26)38-25-29(43)14-8-9-20-37-31(40)28-16-21-36-22-17-28/h2-7,10-13,16-17,21-22,29-30,38,43H,8-9,14-15,18-20,23-25H2,1H3,(H,35,41)(H,37,40)/t29-,30+,34+/m1/s1. The zero-order valence-corrected chi connectivity index (χ0v) is 25.8. The van der Waals surface area contributed by atoms with Gasteiger partial charge in [0.2, 0.25) is 11.8 Å². The molecule has 2 heterocycles. The van der Waals surface area contributed by atoms with E-state index in [0.717, 1.165) is 31.2 Å². The molecule has 228 valence electrons. The summed E-state index contributed by atoms with van der Waals surface area (Å²) in [5.41, 5.74) is 2.03. The third-order valence-electron chi connectivity index (χ3n) is 8.20. The van der Waals surface area contributed by atoms with Crippen molar-refractivity contribution in [3.8, 4) is 0 Å². The number of amides is 3. The highest BCUT2D eigenvalue weighted by molar-refractivity contribution is 7.81. The Morgan fingerprint density at radius 2 is 1.65 bits per heavy atom. The van der Waals surface area contributed by atoms with Gasteiger partial charge in [0.15, 0.2) is 0 Å². The molecule has 1 aliphatic heterocycles. The maximum absolute atomic E-state index is 14.2. The van der Waals surface area contributed by atoms with Crippen LogP contribution >= 0.6 is 12.6 Å². The van der Waals surface area contributed by atoms with Gasteiger partial charge in [-0.25, -0.2) is 0 Å². The minimum absolute atomic E-state index is 0.0210. The highest BCUT2D eigenvalue weighted by Gasteiger charge is 2.49. The summed E-state index contributed by atoms with van der Waals surface area (Å²) in [6.45, 7) is 1.68. The van der Waals surface area contributed by atoms with E-state index in [9.17, 15) is 14.4 Å². The molecule has 43 heavy (non-hydrogen) atoms. The first-order chi connectivity index (χ1) is 20.9. The Bertz CT molecular complexity index is 1310. The van der Waals surface area contributed by atoms with Crippen LogP contribution in [0.1, 0.15) is 53.6 Å². The summed E-state index contributed by atoms with van der Waals surface area (Å²) in [7, 11) is 1.62. The number of unbranched alkanes of at least 4 members (excludes halogenated alkanes) is 1. The van der Waals surface area contributed by atoms with Crippen molar-refractivity contribution < 1.29 is 14.4 Å². The molecule has 0 radical (unpaired) electrons. The van der Waals surface area contributed by atoms with Crippen LogP contribution in [0.4, 0.5) is 0 Å². The van der Waals surface area contributed by atoms with Crippen molar-refractivity contribution >= 4 is 30.4 Å². The Kier molecular flexibility index (Phi) is 12.2. The first-order valence-corrected chi connectivity index (χ1v) is 15.7. The van der Waals surface area contributed by atoms with E-state index >= 15 is 0 Å². The molecule has 0 aliphatic carbocycles. The molecule has 3 atom stereocenters. The molecule has 0 saturated carbocycles. The predicted molar refractivity (Wildman–Crippen MR) is 173 cm³/mol. The SMILES string of the molecule is CNC(=O)[C@H](Cc1ccccc1)N1CC[C@](CCc2ccccc2)(NC[C@H](S)CCCCNC(=O)c2ccncc2)C1=O. The molecule has 3 N–H and O–H groups in total. The maximum atomic E-state index is 14.2.